The highest BCUT2D eigenvalue weighted by Gasteiger charge is 2.24. The van der Waals surface area contributed by atoms with Crippen LogP contribution in [0, 0.1) is 0 Å². The molecule has 166 valence electrons. The summed E-state index contributed by atoms with van der Waals surface area (Å²) in [5.41, 5.74) is 0.618. The highest BCUT2D eigenvalue weighted by Crippen LogP contribution is 2.35. The van der Waals surface area contributed by atoms with Gasteiger partial charge in [0.2, 0.25) is 6.79 Å². The number of carbonyl (C=O) groups is 2. The smallest absolute Gasteiger partial charge is 0.407 e. The summed E-state index contributed by atoms with van der Waals surface area (Å²) in [5.74, 6) is 0.733. The van der Waals surface area contributed by atoms with E-state index in [1.165, 1.54) is 0 Å². The fourth-order valence-electron chi connectivity index (χ4n) is 3.20. The predicted octanol–water partition coefficient (Wildman–Crippen LogP) is 5.01. The fraction of sp³-hybridized carbons (Fsp3) is 0.391. The number of unbranched alkanes of at least 4 members (excludes halogenated alkanes) is 1. The maximum Gasteiger partial charge on any atom is 0.407 e. The molecule has 0 spiro atoms. The Hall–Kier alpha value is -2.87. The zero-order chi connectivity index (χ0) is 22.1. The number of fused-ring (bicyclic) bond motifs is 1. The summed E-state index contributed by atoms with van der Waals surface area (Å²) in [5, 5.41) is 12.0. The summed E-state index contributed by atoms with van der Waals surface area (Å²) in [6.45, 7) is 2.21. The van der Waals surface area contributed by atoms with E-state index in [1.807, 2.05) is 30.3 Å². The molecule has 1 heterocycles. The van der Waals surface area contributed by atoms with E-state index in [2.05, 4.69) is 12.2 Å². The Kier molecular flexibility index (Phi) is 8.46. The number of thioether (sulfide) groups is 1. The molecular formula is C23H27NO6S. The van der Waals surface area contributed by atoms with Crippen molar-refractivity contribution in [2.75, 3.05) is 12.5 Å². The Balaban J connectivity index is 1.63. The lowest BCUT2D eigenvalue weighted by molar-refractivity contribution is -0.137. The average molecular weight is 446 g/mol. The number of hydrogen-bond acceptors (Lipinski definition) is 6. The van der Waals surface area contributed by atoms with Crippen LogP contribution >= 0.6 is 11.8 Å². The number of ether oxygens (including phenoxy) is 3. The summed E-state index contributed by atoms with van der Waals surface area (Å²) < 4.78 is 16.3. The van der Waals surface area contributed by atoms with Crippen LogP contribution in [0.25, 0.3) is 0 Å². The minimum atomic E-state index is -1.02. The first-order valence-electron chi connectivity index (χ1n) is 10.3. The van der Waals surface area contributed by atoms with E-state index in [0.717, 1.165) is 24.2 Å². The minimum Gasteiger partial charge on any atom is -0.481 e. The lowest BCUT2D eigenvalue weighted by Gasteiger charge is -2.22. The predicted molar refractivity (Wildman–Crippen MR) is 118 cm³/mol. The minimum absolute atomic E-state index is 0.121. The number of aliphatic carboxylic acids is 1. The largest absolute Gasteiger partial charge is 0.481 e. The van der Waals surface area contributed by atoms with Crippen LogP contribution < -0.4 is 14.8 Å². The SMILES string of the molecule is CCCCC(CSc1ccccc1)OC(=O)N[C@@H](CC(=O)O)c1ccc2c(c1)OCO2. The highest BCUT2D eigenvalue weighted by molar-refractivity contribution is 7.99. The van der Waals surface area contributed by atoms with Crippen molar-refractivity contribution in [3.05, 3.63) is 54.1 Å². The number of amides is 1. The molecule has 0 saturated heterocycles. The number of nitrogens with one attached hydrogen (secondary N) is 1. The topological polar surface area (TPSA) is 94.1 Å². The first-order valence-corrected chi connectivity index (χ1v) is 11.3. The number of rotatable bonds is 11. The van der Waals surface area contributed by atoms with Gasteiger partial charge in [0.25, 0.3) is 0 Å². The molecule has 31 heavy (non-hydrogen) atoms. The lowest BCUT2D eigenvalue weighted by atomic mass is 10.0. The van der Waals surface area contributed by atoms with Crippen LogP contribution in [0.15, 0.2) is 53.4 Å². The van der Waals surface area contributed by atoms with Crippen LogP contribution in [-0.2, 0) is 9.53 Å². The second kappa shape index (κ2) is 11.5. The Morgan fingerprint density at radius 2 is 1.94 bits per heavy atom. The van der Waals surface area contributed by atoms with Gasteiger partial charge >= 0.3 is 12.1 Å². The van der Waals surface area contributed by atoms with Gasteiger partial charge in [-0.3, -0.25) is 4.79 Å². The Morgan fingerprint density at radius 1 is 1.16 bits per heavy atom. The molecule has 0 aliphatic carbocycles. The fourth-order valence-corrected chi connectivity index (χ4v) is 4.16. The van der Waals surface area contributed by atoms with Crippen LogP contribution in [-0.4, -0.2) is 35.8 Å². The molecule has 2 N–H and O–H groups in total. The first-order chi connectivity index (χ1) is 15.0. The third kappa shape index (κ3) is 7.10. The summed E-state index contributed by atoms with van der Waals surface area (Å²) in [4.78, 5) is 25.1. The molecule has 0 radical (unpaired) electrons. The van der Waals surface area contributed by atoms with E-state index < -0.39 is 18.1 Å². The third-order valence-corrected chi connectivity index (χ3v) is 5.95. The molecule has 0 bridgehead atoms. The summed E-state index contributed by atoms with van der Waals surface area (Å²) >= 11 is 1.63. The monoisotopic (exact) mass is 445 g/mol. The molecular weight excluding hydrogens is 418 g/mol. The molecule has 1 aliphatic rings. The van der Waals surface area contributed by atoms with Gasteiger partial charge in [-0.25, -0.2) is 4.79 Å². The van der Waals surface area contributed by atoms with Crippen LogP contribution in [0.2, 0.25) is 0 Å². The lowest BCUT2D eigenvalue weighted by Crippen LogP contribution is -2.34. The Bertz CT molecular complexity index is 876. The highest BCUT2D eigenvalue weighted by atomic mass is 32.2. The van der Waals surface area contributed by atoms with E-state index >= 15 is 0 Å². The van der Waals surface area contributed by atoms with Gasteiger partial charge in [0.15, 0.2) is 11.5 Å². The van der Waals surface area contributed by atoms with Crippen molar-refractivity contribution in [1.29, 1.82) is 0 Å². The Labute approximate surface area is 186 Å². The van der Waals surface area contributed by atoms with Crippen molar-refractivity contribution >= 4 is 23.8 Å². The third-order valence-electron chi connectivity index (χ3n) is 4.80. The van der Waals surface area contributed by atoms with Crippen LogP contribution in [0.5, 0.6) is 11.5 Å². The van der Waals surface area contributed by atoms with Gasteiger partial charge in [0.1, 0.15) is 6.10 Å². The molecule has 0 aromatic heterocycles. The van der Waals surface area contributed by atoms with Crippen molar-refractivity contribution in [3.63, 3.8) is 0 Å². The molecule has 2 aromatic rings. The Morgan fingerprint density at radius 3 is 2.68 bits per heavy atom. The van der Waals surface area contributed by atoms with Crippen LogP contribution in [0.4, 0.5) is 4.79 Å². The zero-order valence-electron chi connectivity index (χ0n) is 17.4. The zero-order valence-corrected chi connectivity index (χ0v) is 18.2. The quantitative estimate of drug-likeness (QED) is 0.470. The molecule has 8 heteroatoms. The van der Waals surface area contributed by atoms with Crippen molar-refractivity contribution in [3.8, 4) is 11.5 Å². The normalized spacial score (nSPS) is 14.0. The van der Waals surface area contributed by atoms with E-state index in [1.54, 1.807) is 30.0 Å². The molecule has 3 rings (SSSR count). The van der Waals surface area contributed by atoms with Crippen molar-refractivity contribution in [2.45, 2.75) is 49.6 Å². The van der Waals surface area contributed by atoms with E-state index in [4.69, 9.17) is 14.2 Å². The van der Waals surface area contributed by atoms with Crippen LogP contribution in [0.3, 0.4) is 0 Å². The van der Waals surface area contributed by atoms with Gasteiger partial charge in [-0.15, -0.1) is 11.8 Å². The molecule has 0 saturated carbocycles. The van der Waals surface area contributed by atoms with Gasteiger partial charge in [0.05, 0.1) is 12.5 Å². The second-order valence-corrected chi connectivity index (χ2v) is 8.29. The van der Waals surface area contributed by atoms with Crippen molar-refractivity contribution in [2.24, 2.45) is 0 Å². The van der Waals surface area contributed by atoms with E-state index in [9.17, 15) is 14.7 Å². The summed E-state index contributed by atoms with van der Waals surface area (Å²) in [7, 11) is 0. The van der Waals surface area contributed by atoms with E-state index in [0.29, 0.717) is 22.8 Å². The molecule has 1 amide bonds. The number of carboxylic acid groups (broad SMARTS) is 1. The number of carboxylic acids is 1. The summed E-state index contributed by atoms with van der Waals surface area (Å²) in [6.07, 6.45) is 1.51. The molecule has 1 aliphatic heterocycles. The maximum atomic E-state index is 12.6. The maximum absolute atomic E-state index is 12.6. The van der Waals surface area contributed by atoms with Gasteiger partial charge in [-0.05, 0) is 36.2 Å². The molecule has 2 aromatic carbocycles. The van der Waals surface area contributed by atoms with Crippen molar-refractivity contribution < 1.29 is 28.9 Å². The average Bonchev–Trinajstić information content (AvgIpc) is 3.23. The number of benzene rings is 2. The van der Waals surface area contributed by atoms with Gasteiger partial charge in [-0.2, -0.15) is 0 Å². The van der Waals surface area contributed by atoms with Gasteiger partial charge in [-0.1, -0.05) is 44.0 Å². The molecule has 7 nitrogen and oxygen atoms in total. The number of alkyl carbamates (subject to hydrolysis) is 1. The summed E-state index contributed by atoms with van der Waals surface area (Å²) in [6, 6.07) is 14.3. The molecule has 1 unspecified atom stereocenters. The first kappa shape index (κ1) is 22.8. The number of carbonyl (C=O) groups excluding carboxylic acids is 1. The van der Waals surface area contributed by atoms with Gasteiger partial charge in [0, 0.05) is 10.6 Å². The second-order valence-electron chi connectivity index (χ2n) is 7.20. The van der Waals surface area contributed by atoms with Crippen LogP contribution in [0.1, 0.15) is 44.2 Å². The molecule has 0 fully saturated rings. The van der Waals surface area contributed by atoms with Gasteiger partial charge < -0.3 is 24.6 Å². The van der Waals surface area contributed by atoms with Crippen molar-refractivity contribution in [1.82, 2.24) is 5.32 Å². The van der Waals surface area contributed by atoms with E-state index in [-0.39, 0.29) is 19.3 Å². The number of hydrogen-bond donors (Lipinski definition) is 2. The molecule has 2 atom stereocenters. The standard InChI is InChI=1S/C23H27NO6S/c1-2-3-7-17(14-31-18-8-5-4-6-9-18)30-23(27)24-19(13-22(25)26)16-10-11-20-21(12-16)29-15-28-20/h4-6,8-12,17,19H,2-3,7,13-15H2,1H3,(H,24,27)(H,25,26)/t17?,19-/m0/s1.